The minimum Gasteiger partial charge on any atom is -0.496 e. The van der Waals surface area contributed by atoms with Crippen molar-refractivity contribution in [2.45, 2.75) is 58.5 Å². The number of benzene rings is 1. The molecule has 4 unspecified atom stereocenters. The third kappa shape index (κ3) is 3.54. The minimum absolute atomic E-state index is 0.400. The second-order valence-corrected chi connectivity index (χ2v) is 6.33. The van der Waals surface area contributed by atoms with Gasteiger partial charge in [0.15, 0.2) is 0 Å². The van der Waals surface area contributed by atoms with E-state index in [1.807, 2.05) is 6.07 Å². The minimum atomic E-state index is 0.400. The van der Waals surface area contributed by atoms with E-state index in [0.717, 1.165) is 24.0 Å². The van der Waals surface area contributed by atoms with Crippen LogP contribution < -0.4 is 10.1 Å². The van der Waals surface area contributed by atoms with Gasteiger partial charge in [0, 0.05) is 17.6 Å². The average Bonchev–Trinajstić information content (AvgIpc) is 2.48. The van der Waals surface area contributed by atoms with Gasteiger partial charge in [-0.25, -0.2) is 0 Å². The smallest absolute Gasteiger partial charge is 0.123 e. The van der Waals surface area contributed by atoms with E-state index in [9.17, 15) is 0 Å². The Morgan fingerprint density at radius 1 is 1.20 bits per heavy atom. The van der Waals surface area contributed by atoms with E-state index in [1.165, 1.54) is 24.8 Å². The number of methoxy groups -OCH3 is 1. The lowest BCUT2D eigenvalue weighted by Crippen LogP contribution is -2.38. The molecule has 20 heavy (non-hydrogen) atoms. The van der Waals surface area contributed by atoms with Crippen LogP contribution in [0.25, 0.3) is 0 Å². The molecule has 1 aromatic rings. The summed E-state index contributed by atoms with van der Waals surface area (Å²) in [7, 11) is 1.76. The number of para-hydroxylation sites is 1. The first kappa shape index (κ1) is 15.4. The van der Waals surface area contributed by atoms with Gasteiger partial charge in [0.2, 0.25) is 0 Å². The average molecular weight is 275 g/mol. The van der Waals surface area contributed by atoms with Crippen LogP contribution in [0.2, 0.25) is 0 Å². The second-order valence-electron chi connectivity index (χ2n) is 6.33. The van der Waals surface area contributed by atoms with Gasteiger partial charge in [-0.1, -0.05) is 39.0 Å². The highest BCUT2D eigenvalue weighted by molar-refractivity contribution is 5.35. The fourth-order valence-corrected chi connectivity index (χ4v) is 3.37. The summed E-state index contributed by atoms with van der Waals surface area (Å²) in [6.45, 7) is 7.03. The van der Waals surface area contributed by atoms with Gasteiger partial charge in [-0.3, -0.25) is 0 Å². The van der Waals surface area contributed by atoms with E-state index in [1.54, 1.807) is 7.11 Å². The van der Waals surface area contributed by atoms with Gasteiger partial charge in [0.1, 0.15) is 5.75 Å². The number of ether oxygens (including phenoxy) is 1. The quantitative estimate of drug-likeness (QED) is 0.850. The summed E-state index contributed by atoms with van der Waals surface area (Å²) in [6.07, 6.45) is 5.05. The van der Waals surface area contributed by atoms with Crippen molar-refractivity contribution in [3.8, 4) is 5.75 Å². The normalized spacial score (nSPS) is 28.1. The van der Waals surface area contributed by atoms with Crippen LogP contribution in [0.1, 0.15) is 58.1 Å². The SMILES string of the molecule is CCC(NC1CCC(C)C(C)C1)c1ccccc1OC. The highest BCUT2D eigenvalue weighted by Gasteiger charge is 2.26. The van der Waals surface area contributed by atoms with Gasteiger partial charge in [-0.2, -0.15) is 0 Å². The summed E-state index contributed by atoms with van der Waals surface area (Å²) in [5.41, 5.74) is 1.30. The fraction of sp³-hybridized carbons (Fsp3) is 0.667. The van der Waals surface area contributed by atoms with Crippen molar-refractivity contribution in [2.24, 2.45) is 11.8 Å². The maximum atomic E-state index is 5.52. The van der Waals surface area contributed by atoms with Gasteiger partial charge in [0.05, 0.1) is 7.11 Å². The Kier molecular flexibility index (Phi) is 5.47. The Morgan fingerprint density at radius 3 is 2.60 bits per heavy atom. The topological polar surface area (TPSA) is 21.3 Å². The Labute approximate surface area is 123 Å². The zero-order chi connectivity index (χ0) is 14.5. The van der Waals surface area contributed by atoms with Gasteiger partial charge in [-0.15, -0.1) is 0 Å². The molecule has 0 amide bonds. The first-order valence-electron chi connectivity index (χ1n) is 8.04. The molecular weight excluding hydrogens is 246 g/mol. The molecule has 2 nitrogen and oxygen atoms in total. The van der Waals surface area contributed by atoms with Crippen molar-refractivity contribution in [1.29, 1.82) is 0 Å². The van der Waals surface area contributed by atoms with Crippen molar-refractivity contribution >= 4 is 0 Å². The highest BCUT2D eigenvalue weighted by Crippen LogP contribution is 2.33. The van der Waals surface area contributed by atoms with Crippen LogP contribution in [0.4, 0.5) is 0 Å². The predicted molar refractivity (Wildman–Crippen MR) is 85.1 cm³/mol. The lowest BCUT2D eigenvalue weighted by atomic mass is 9.79. The molecule has 2 heteroatoms. The standard InChI is InChI=1S/C18H29NO/c1-5-17(16-8-6-7-9-18(16)20-4)19-15-11-10-13(2)14(3)12-15/h6-9,13-15,17,19H,5,10-12H2,1-4H3. The summed E-state index contributed by atoms with van der Waals surface area (Å²) in [4.78, 5) is 0. The van der Waals surface area contributed by atoms with E-state index in [-0.39, 0.29) is 0 Å². The number of nitrogens with one attached hydrogen (secondary N) is 1. The number of hydrogen-bond donors (Lipinski definition) is 1. The molecule has 0 saturated heterocycles. The van der Waals surface area contributed by atoms with Gasteiger partial charge in [0.25, 0.3) is 0 Å². The van der Waals surface area contributed by atoms with Crippen LogP contribution in [0.15, 0.2) is 24.3 Å². The van der Waals surface area contributed by atoms with Crippen LogP contribution in [-0.2, 0) is 0 Å². The van der Waals surface area contributed by atoms with Crippen LogP contribution in [0, 0.1) is 11.8 Å². The summed E-state index contributed by atoms with van der Waals surface area (Å²) >= 11 is 0. The highest BCUT2D eigenvalue weighted by atomic mass is 16.5. The molecule has 0 aromatic heterocycles. The van der Waals surface area contributed by atoms with Gasteiger partial charge in [-0.05, 0) is 43.6 Å². The first-order chi connectivity index (χ1) is 9.65. The van der Waals surface area contributed by atoms with Gasteiger partial charge < -0.3 is 10.1 Å². The van der Waals surface area contributed by atoms with Crippen molar-refractivity contribution in [2.75, 3.05) is 7.11 Å². The molecule has 0 spiro atoms. The molecule has 1 fully saturated rings. The van der Waals surface area contributed by atoms with E-state index in [0.29, 0.717) is 12.1 Å². The predicted octanol–water partition coefficient (Wildman–Crippen LogP) is 4.56. The lowest BCUT2D eigenvalue weighted by molar-refractivity contribution is 0.213. The van der Waals surface area contributed by atoms with Crippen LogP contribution in [0.5, 0.6) is 5.75 Å². The van der Waals surface area contributed by atoms with Crippen molar-refractivity contribution in [3.63, 3.8) is 0 Å². The summed E-state index contributed by atoms with van der Waals surface area (Å²) in [5.74, 6) is 2.71. The largest absolute Gasteiger partial charge is 0.496 e. The lowest BCUT2D eigenvalue weighted by Gasteiger charge is -2.35. The molecule has 1 aromatic carbocycles. The van der Waals surface area contributed by atoms with Crippen molar-refractivity contribution in [3.05, 3.63) is 29.8 Å². The van der Waals surface area contributed by atoms with Crippen LogP contribution in [-0.4, -0.2) is 13.2 Å². The first-order valence-corrected chi connectivity index (χ1v) is 8.04. The zero-order valence-corrected chi connectivity index (χ0v) is 13.4. The Balaban J connectivity index is 2.05. The number of rotatable bonds is 5. The van der Waals surface area contributed by atoms with Crippen LogP contribution in [0.3, 0.4) is 0 Å². The van der Waals surface area contributed by atoms with Crippen molar-refractivity contribution in [1.82, 2.24) is 5.32 Å². The Hall–Kier alpha value is -1.02. The molecule has 1 saturated carbocycles. The molecule has 0 heterocycles. The number of hydrogen-bond acceptors (Lipinski definition) is 2. The molecule has 4 atom stereocenters. The maximum absolute atomic E-state index is 5.52. The third-order valence-corrected chi connectivity index (χ3v) is 4.96. The molecular formula is C18H29NO. The second kappa shape index (κ2) is 7.12. The Morgan fingerprint density at radius 2 is 1.95 bits per heavy atom. The maximum Gasteiger partial charge on any atom is 0.123 e. The molecule has 1 aliphatic carbocycles. The molecule has 0 aliphatic heterocycles. The van der Waals surface area contributed by atoms with Gasteiger partial charge >= 0.3 is 0 Å². The molecule has 1 N–H and O–H groups in total. The van der Waals surface area contributed by atoms with Crippen LogP contribution >= 0.6 is 0 Å². The summed E-state index contributed by atoms with van der Waals surface area (Å²) in [5, 5.41) is 3.87. The van der Waals surface area contributed by atoms with E-state index < -0.39 is 0 Å². The monoisotopic (exact) mass is 275 g/mol. The van der Waals surface area contributed by atoms with Crippen molar-refractivity contribution < 1.29 is 4.74 Å². The molecule has 1 aliphatic rings. The van der Waals surface area contributed by atoms with E-state index in [2.05, 4.69) is 44.3 Å². The summed E-state index contributed by atoms with van der Waals surface area (Å²) in [6, 6.07) is 9.45. The van der Waals surface area contributed by atoms with E-state index >= 15 is 0 Å². The molecule has 112 valence electrons. The third-order valence-electron chi connectivity index (χ3n) is 4.96. The Bertz CT molecular complexity index is 418. The molecule has 0 radical (unpaired) electrons. The zero-order valence-electron chi connectivity index (χ0n) is 13.4. The van der Waals surface area contributed by atoms with E-state index in [4.69, 9.17) is 4.74 Å². The molecule has 2 rings (SSSR count). The summed E-state index contributed by atoms with van der Waals surface area (Å²) < 4.78 is 5.52. The molecule has 0 bridgehead atoms. The fourth-order valence-electron chi connectivity index (χ4n) is 3.37.